The third-order valence-electron chi connectivity index (χ3n) is 7.27. The molecule has 1 aliphatic carbocycles. The number of carbonyl (C=O) groups excluding carboxylic acids is 1. The SMILES string of the molecule is CNc1cc(-c2cn([C@H]3CCOC[C@H]3OC)c3ncccc23)nc2c(C(=O)NC3CC[C@@H]3F)cnn12. The quantitative estimate of drug-likeness (QED) is 0.425. The zero-order valence-corrected chi connectivity index (χ0v) is 20.1. The fraction of sp³-hybridized carbons (Fsp3) is 0.440. The zero-order valence-electron chi connectivity index (χ0n) is 20.1. The number of nitrogens with zero attached hydrogens (tertiary/aromatic N) is 5. The Kier molecular flexibility index (Phi) is 5.81. The first kappa shape index (κ1) is 22.9. The molecule has 0 radical (unpaired) electrons. The number of halogens is 1. The van der Waals surface area contributed by atoms with Gasteiger partial charge >= 0.3 is 0 Å². The summed E-state index contributed by atoms with van der Waals surface area (Å²) in [6.45, 7) is 1.17. The number of nitrogens with one attached hydrogen (secondary N) is 2. The fourth-order valence-corrected chi connectivity index (χ4v) is 5.09. The fourth-order valence-electron chi connectivity index (χ4n) is 5.09. The van der Waals surface area contributed by atoms with Gasteiger partial charge in [0.1, 0.15) is 29.3 Å². The van der Waals surface area contributed by atoms with Crippen molar-refractivity contribution in [3.8, 4) is 11.3 Å². The summed E-state index contributed by atoms with van der Waals surface area (Å²) < 4.78 is 28.9. The van der Waals surface area contributed by atoms with E-state index in [1.807, 2.05) is 18.2 Å². The summed E-state index contributed by atoms with van der Waals surface area (Å²) in [7, 11) is 3.49. The van der Waals surface area contributed by atoms with Gasteiger partial charge in [-0.05, 0) is 31.4 Å². The molecule has 1 saturated heterocycles. The van der Waals surface area contributed by atoms with E-state index in [0.717, 1.165) is 23.0 Å². The van der Waals surface area contributed by atoms with Crippen LogP contribution in [-0.2, 0) is 9.47 Å². The molecule has 1 saturated carbocycles. The lowest BCUT2D eigenvalue weighted by atomic mass is 9.90. The van der Waals surface area contributed by atoms with Crippen LogP contribution >= 0.6 is 0 Å². The number of carbonyl (C=O) groups is 1. The third kappa shape index (κ3) is 3.70. The van der Waals surface area contributed by atoms with E-state index in [2.05, 4.69) is 31.5 Å². The Hall–Kier alpha value is -3.57. The molecule has 11 heteroatoms. The maximum absolute atomic E-state index is 13.8. The largest absolute Gasteiger partial charge is 0.379 e. The number of alkyl halides is 1. The van der Waals surface area contributed by atoms with E-state index >= 15 is 0 Å². The molecule has 0 bridgehead atoms. The number of aromatic nitrogens is 5. The minimum absolute atomic E-state index is 0.0647. The Morgan fingerprint density at radius 3 is 2.92 bits per heavy atom. The molecule has 188 valence electrons. The van der Waals surface area contributed by atoms with E-state index < -0.39 is 12.2 Å². The van der Waals surface area contributed by atoms with Gasteiger partial charge in [-0.2, -0.15) is 9.61 Å². The second kappa shape index (κ2) is 9.14. The number of amides is 1. The topological polar surface area (TPSA) is 108 Å². The van der Waals surface area contributed by atoms with Gasteiger partial charge in [-0.15, -0.1) is 0 Å². The summed E-state index contributed by atoms with van der Waals surface area (Å²) in [6, 6.07) is 5.42. The van der Waals surface area contributed by atoms with Crippen LogP contribution in [0.15, 0.2) is 36.8 Å². The number of hydrogen-bond donors (Lipinski definition) is 2. The highest BCUT2D eigenvalue weighted by atomic mass is 19.1. The normalized spacial score (nSPS) is 24.1. The molecule has 10 nitrogen and oxygen atoms in total. The lowest BCUT2D eigenvalue weighted by Crippen LogP contribution is -2.48. The standard InChI is InChI=1S/C25H28FN7O3/c1-27-22-10-19(30-24-15(11-29-33(22)24)25(34)31-18-6-5-17(18)26)16-12-32(23-14(16)4-3-8-28-23)20-7-9-36-13-21(20)35-2/h3-4,8,10-12,17-18,20-21,27H,5-7,9,13H2,1-2H3,(H,31,34)/t17-,18?,20-,21+/m0/s1. The van der Waals surface area contributed by atoms with Crippen molar-refractivity contribution in [2.75, 3.05) is 32.7 Å². The van der Waals surface area contributed by atoms with E-state index in [1.54, 1.807) is 24.9 Å². The molecule has 1 amide bonds. The van der Waals surface area contributed by atoms with Crippen LogP contribution in [0.3, 0.4) is 0 Å². The second-order valence-corrected chi connectivity index (χ2v) is 9.27. The minimum Gasteiger partial charge on any atom is -0.379 e. The summed E-state index contributed by atoms with van der Waals surface area (Å²) >= 11 is 0. The predicted octanol–water partition coefficient (Wildman–Crippen LogP) is 2.99. The number of hydrogen-bond acceptors (Lipinski definition) is 7. The summed E-state index contributed by atoms with van der Waals surface area (Å²) in [5, 5.41) is 11.2. The van der Waals surface area contributed by atoms with Crippen LogP contribution in [0.2, 0.25) is 0 Å². The average molecular weight is 494 g/mol. The molecule has 0 spiro atoms. The molecule has 4 aromatic heterocycles. The van der Waals surface area contributed by atoms with Crippen molar-refractivity contribution in [3.05, 3.63) is 42.4 Å². The lowest BCUT2D eigenvalue weighted by molar-refractivity contribution is -0.0592. The van der Waals surface area contributed by atoms with E-state index in [-0.39, 0.29) is 18.1 Å². The van der Waals surface area contributed by atoms with Crippen LogP contribution < -0.4 is 10.6 Å². The Balaban J connectivity index is 1.47. The van der Waals surface area contributed by atoms with Gasteiger partial charge in [0.2, 0.25) is 0 Å². The van der Waals surface area contributed by atoms with E-state index in [1.165, 1.54) is 6.20 Å². The molecule has 2 fully saturated rings. The van der Waals surface area contributed by atoms with Crippen molar-refractivity contribution in [1.29, 1.82) is 0 Å². The molecule has 1 aliphatic heterocycles. The van der Waals surface area contributed by atoms with Crippen LogP contribution in [0.5, 0.6) is 0 Å². The summed E-state index contributed by atoms with van der Waals surface area (Å²) in [5.74, 6) is 0.296. The highest BCUT2D eigenvalue weighted by Gasteiger charge is 2.33. The first-order chi connectivity index (χ1) is 17.6. The number of rotatable bonds is 6. The lowest BCUT2D eigenvalue weighted by Gasteiger charge is -2.31. The molecular formula is C25H28FN7O3. The molecule has 36 heavy (non-hydrogen) atoms. The van der Waals surface area contributed by atoms with Crippen molar-refractivity contribution in [3.63, 3.8) is 0 Å². The van der Waals surface area contributed by atoms with Gasteiger partial charge in [-0.3, -0.25) is 4.79 Å². The monoisotopic (exact) mass is 493 g/mol. The Morgan fingerprint density at radius 1 is 1.28 bits per heavy atom. The molecule has 5 heterocycles. The highest BCUT2D eigenvalue weighted by Crippen LogP contribution is 2.35. The molecule has 4 atom stereocenters. The minimum atomic E-state index is -1.01. The average Bonchev–Trinajstić information content (AvgIpc) is 3.52. The van der Waals surface area contributed by atoms with E-state index in [0.29, 0.717) is 48.8 Å². The van der Waals surface area contributed by atoms with E-state index in [9.17, 15) is 9.18 Å². The van der Waals surface area contributed by atoms with Gasteiger partial charge in [-0.1, -0.05) is 0 Å². The first-order valence-electron chi connectivity index (χ1n) is 12.2. The maximum atomic E-state index is 13.8. The highest BCUT2D eigenvalue weighted by molar-refractivity contribution is 6.01. The van der Waals surface area contributed by atoms with Crippen LogP contribution in [0.4, 0.5) is 10.2 Å². The van der Waals surface area contributed by atoms with Crippen molar-refractivity contribution in [2.45, 2.75) is 43.6 Å². The number of pyridine rings is 1. The Morgan fingerprint density at radius 2 is 2.17 bits per heavy atom. The van der Waals surface area contributed by atoms with Crippen LogP contribution in [0.1, 0.15) is 35.7 Å². The number of ether oxygens (including phenoxy) is 2. The first-order valence-corrected chi connectivity index (χ1v) is 12.2. The summed E-state index contributed by atoms with van der Waals surface area (Å²) in [4.78, 5) is 22.5. The van der Waals surface area contributed by atoms with Crippen molar-refractivity contribution in [1.82, 2.24) is 29.5 Å². The maximum Gasteiger partial charge on any atom is 0.257 e. The second-order valence-electron chi connectivity index (χ2n) is 9.27. The van der Waals surface area contributed by atoms with E-state index in [4.69, 9.17) is 14.5 Å². The van der Waals surface area contributed by atoms with Crippen LogP contribution in [-0.4, -0.2) is 75.7 Å². The molecule has 2 N–H and O–H groups in total. The van der Waals surface area contributed by atoms with Crippen molar-refractivity contribution < 1.29 is 18.7 Å². The Bertz CT molecular complexity index is 1430. The van der Waals surface area contributed by atoms with Gasteiger partial charge < -0.3 is 24.7 Å². The number of fused-ring (bicyclic) bond motifs is 2. The molecule has 6 rings (SSSR count). The zero-order chi connectivity index (χ0) is 24.8. The van der Waals surface area contributed by atoms with Crippen molar-refractivity contribution in [2.24, 2.45) is 0 Å². The van der Waals surface area contributed by atoms with Gasteiger partial charge in [-0.25, -0.2) is 14.4 Å². The van der Waals surface area contributed by atoms with Crippen LogP contribution in [0.25, 0.3) is 27.9 Å². The van der Waals surface area contributed by atoms with Gasteiger partial charge in [0.25, 0.3) is 5.91 Å². The van der Waals surface area contributed by atoms with Crippen LogP contribution in [0, 0.1) is 0 Å². The summed E-state index contributed by atoms with van der Waals surface area (Å²) in [6.07, 6.45) is 6.11. The number of anilines is 1. The molecule has 4 aromatic rings. The molecule has 1 unspecified atom stereocenters. The van der Waals surface area contributed by atoms with Gasteiger partial charge in [0, 0.05) is 50.2 Å². The molecular weight excluding hydrogens is 465 g/mol. The summed E-state index contributed by atoms with van der Waals surface area (Å²) in [5.41, 5.74) is 3.09. The smallest absolute Gasteiger partial charge is 0.257 e. The van der Waals surface area contributed by atoms with Gasteiger partial charge in [0.15, 0.2) is 5.65 Å². The van der Waals surface area contributed by atoms with Gasteiger partial charge in [0.05, 0.1) is 30.6 Å². The number of methoxy groups -OCH3 is 1. The Labute approximate surface area is 206 Å². The van der Waals surface area contributed by atoms with Crippen molar-refractivity contribution >= 4 is 28.4 Å². The molecule has 0 aromatic carbocycles. The third-order valence-corrected chi connectivity index (χ3v) is 7.27. The predicted molar refractivity (Wildman–Crippen MR) is 132 cm³/mol. The molecule has 2 aliphatic rings.